The summed E-state index contributed by atoms with van der Waals surface area (Å²) in [5, 5.41) is 9.60. The SMILES string of the molecule is O=C(O)N1CCN(Cc2nc3ccc(Cl)cc3[nH]2)CC1. The van der Waals surface area contributed by atoms with E-state index in [1.807, 2.05) is 18.2 Å². The lowest BCUT2D eigenvalue weighted by atomic mass is 10.3. The van der Waals surface area contributed by atoms with Gasteiger partial charge in [-0.1, -0.05) is 11.6 Å². The van der Waals surface area contributed by atoms with Crippen LogP contribution in [0.25, 0.3) is 11.0 Å². The molecule has 0 radical (unpaired) electrons. The van der Waals surface area contributed by atoms with Crippen LogP contribution in [0.5, 0.6) is 0 Å². The molecule has 1 aromatic heterocycles. The van der Waals surface area contributed by atoms with Gasteiger partial charge in [-0.3, -0.25) is 4.90 Å². The minimum absolute atomic E-state index is 0.543. The first-order chi connectivity index (χ1) is 9.61. The van der Waals surface area contributed by atoms with E-state index in [0.29, 0.717) is 24.7 Å². The molecule has 20 heavy (non-hydrogen) atoms. The van der Waals surface area contributed by atoms with Crippen molar-refractivity contribution in [3.8, 4) is 0 Å². The smallest absolute Gasteiger partial charge is 0.407 e. The summed E-state index contributed by atoms with van der Waals surface area (Å²) >= 11 is 5.95. The van der Waals surface area contributed by atoms with Gasteiger partial charge in [0.15, 0.2) is 0 Å². The number of carbonyl (C=O) groups is 1. The fraction of sp³-hybridized carbons (Fsp3) is 0.385. The van der Waals surface area contributed by atoms with Crippen molar-refractivity contribution in [3.05, 3.63) is 29.0 Å². The summed E-state index contributed by atoms with van der Waals surface area (Å²) in [6, 6.07) is 5.57. The van der Waals surface area contributed by atoms with Crippen LogP contribution < -0.4 is 0 Å². The van der Waals surface area contributed by atoms with Gasteiger partial charge in [-0.05, 0) is 18.2 Å². The van der Waals surface area contributed by atoms with Crippen LogP contribution in [0.15, 0.2) is 18.2 Å². The number of amides is 1. The number of hydrogen-bond acceptors (Lipinski definition) is 3. The first-order valence-corrected chi connectivity index (χ1v) is 6.84. The van der Waals surface area contributed by atoms with Crippen LogP contribution in [0.1, 0.15) is 5.82 Å². The number of imidazole rings is 1. The summed E-state index contributed by atoms with van der Waals surface area (Å²) in [5.41, 5.74) is 1.82. The third kappa shape index (κ3) is 2.71. The Morgan fingerprint density at radius 3 is 2.80 bits per heavy atom. The number of piperazine rings is 1. The van der Waals surface area contributed by atoms with Crippen molar-refractivity contribution in [1.29, 1.82) is 0 Å². The van der Waals surface area contributed by atoms with Gasteiger partial charge in [0.1, 0.15) is 5.82 Å². The standard InChI is InChI=1S/C13H15ClN4O2/c14-9-1-2-10-11(7-9)16-12(15-10)8-17-3-5-18(6-4-17)13(19)20/h1-2,7H,3-6,8H2,(H,15,16)(H,19,20). The monoisotopic (exact) mass is 294 g/mol. The second-order valence-corrected chi connectivity index (χ2v) is 5.33. The van der Waals surface area contributed by atoms with Crippen molar-refractivity contribution in [2.45, 2.75) is 6.54 Å². The van der Waals surface area contributed by atoms with Crippen LogP contribution in [0, 0.1) is 0 Å². The number of halogens is 1. The second kappa shape index (κ2) is 5.30. The van der Waals surface area contributed by atoms with Crippen molar-refractivity contribution in [3.63, 3.8) is 0 Å². The average Bonchev–Trinajstić information content (AvgIpc) is 2.80. The molecule has 7 heteroatoms. The Morgan fingerprint density at radius 2 is 2.10 bits per heavy atom. The highest BCUT2D eigenvalue weighted by Crippen LogP contribution is 2.18. The molecule has 2 aromatic rings. The van der Waals surface area contributed by atoms with E-state index in [2.05, 4.69) is 14.9 Å². The third-order valence-electron chi connectivity index (χ3n) is 3.51. The molecule has 1 fully saturated rings. The molecule has 0 spiro atoms. The van der Waals surface area contributed by atoms with E-state index in [9.17, 15) is 4.79 Å². The molecule has 0 bridgehead atoms. The van der Waals surface area contributed by atoms with Gasteiger partial charge in [0.25, 0.3) is 0 Å². The highest BCUT2D eigenvalue weighted by molar-refractivity contribution is 6.31. The minimum Gasteiger partial charge on any atom is -0.465 e. The van der Waals surface area contributed by atoms with Gasteiger partial charge in [-0.2, -0.15) is 0 Å². The van der Waals surface area contributed by atoms with Gasteiger partial charge in [-0.25, -0.2) is 9.78 Å². The Hall–Kier alpha value is -1.79. The summed E-state index contributed by atoms with van der Waals surface area (Å²) in [5.74, 6) is 0.881. The molecule has 0 atom stereocenters. The highest BCUT2D eigenvalue weighted by Gasteiger charge is 2.20. The number of rotatable bonds is 2. The molecule has 0 saturated carbocycles. The Bertz CT molecular complexity index is 634. The van der Waals surface area contributed by atoms with Gasteiger partial charge in [0.05, 0.1) is 17.6 Å². The molecule has 2 N–H and O–H groups in total. The summed E-state index contributed by atoms with van der Waals surface area (Å²) in [6.45, 7) is 3.23. The number of hydrogen-bond donors (Lipinski definition) is 2. The summed E-state index contributed by atoms with van der Waals surface area (Å²) in [7, 11) is 0. The zero-order valence-corrected chi connectivity index (χ0v) is 11.6. The van der Waals surface area contributed by atoms with Crippen molar-refractivity contribution >= 4 is 28.7 Å². The molecule has 1 saturated heterocycles. The lowest BCUT2D eigenvalue weighted by molar-refractivity contribution is 0.102. The number of nitrogens with zero attached hydrogens (tertiary/aromatic N) is 3. The molecule has 1 aliphatic heterocycles. The van der Waals surface area contributed by atoms with Crippen molar-refractivity contribution in [2.24, 2.45) is 0 Å². The van der Waals surface area contributed by atoms with E-state index in [-0.39, 0.29) is 0 Å². The second-order valence-electron chi connectivity index (χ2n) is 4.89. The molecule has 1 amide bonds. The number of carboxylic acid groups (broad SMARTS) is 1. The van der Waals surface area contributed by atoms with E-state index in [1.165, 1.54) is 4.90 Å². The maximum Gasteiger partial charge on any atom is 0.407 e. The van der Waals surface area contributed by atoms with E-state index in [1.54, 1.807) is 0 Å². The molecule has 0 aliphatic carbocycles. The lowest BCUT2D eigenvalue weighted by Crippen LogP contribution is -2.47. The third-order valence-corrected chi connectivity index (χ3v) is 3.74. The van der Waals surface area contributed by atoms with Crippen molar-refractivity contribution in [2.75, 3.05) is 26.2 Å². The first-order valence-electron chi connectivity index (χ1n) is 6.46. The molecule has 0 unspecified atom stereocenters. The van der Waals surface area contributed by atoms with Gasteiger partial charge in [0.2, 0.25) is 0 Å². The number of H-pyrrole nitrogens is 1. The predicted octanol–water partition coefficient (Wildman–Crippen LogP) is 2.01. The number of aromatic nitrogens is 2. The van der Waals surface area contributed by atoms with Crippen LogP contribution >= 0.6 is 11.6 Å². The van der Waals surface area contributed by atoms with E-state index < -0.39 is 6.09 Å². The minimum atomic E-state index is -0.844. The van der Waals surface area contributed by atoms with Crippen LogP contribution in [-0.4, -0.2) is 57.1 Å². The van der Waals surface area contributed by atoms with Gasteiger partial charge < -0.3 is 15.0 Å². The number of nitrogens with one attached hydrogen (secondary N) is 1. The van der Waals surface area contributed by atoms with Crippen molar-refractivity contribution in [1.82, 2.24) is 19.8 Å². The number of benzene rings is 1. The fourth-order valence-electron chi connectivity index (χ4n) is 2.42. The molecule has 3 rings (SSSR count). The van der Waals surface area contributed by atoms with Crippen LogP contribution in [0.2, 0.25) is 5.02 Å². The highest BCUT2D eigenvalue weighted by atomic mass is 35.5. The molecule has 1 aliphatic rings. The molecular formula is C13H15ClN4O2. The van der Waals surface area contributed by atoms with Crippen LogP contribution in [-0.2, 0) is 6.54 Å². The Morgan fingerprint density at radius 1 is 1.35 bits per heavy atom. The summed E-state index contributed by atoms with van der Waals surface area (Å²) in [4.78, 5) is 22.2. The molecular weight excluding hydrogens is 280 g/mol. The Kier molecular flexibility index (Phi) is 3.50. The quantitative estimate of drug-likeness (QED) is 0.889. The lowest BCUT2D eigenvalue weighted by Gasteiger charge is -2.32. The van der Waals surface area contributed by atoms with Gasteiger partial charge in [0, 0.05) is 31.2 Å². The first kappa shape index (κ1) is 13.2. The maximum absolute atomic E-state index is 10.8. The van der Waals surface area contributed by atoms with E-state index in [4.69, 9.17) is 16.7 Å². The van der Waals surface area contributed by atoms with Gasteiger partial charge >= 0.3 is 6.09 Å². The zero-order valence-electron chi connectivity index (χ0n) is 10.8. The number of fused-ring (bicyclic) bond motifs is 1. The normalized spacial score (nSPS) is 16.8. The maximum atomic E-state index is 10.8. The van der Waals surface area contributed by atoms with Crippen molar-refractivity contribution < 1.29 is 9.90 Å². The molecule has 1 aromatic carbocycles. The Balaban J connectivity index is 1.66. The van der Waals surface area contributed by atoms with Crippen LogP contribution in [0.3, 0.4) is 0 Å². The van der Waals surface area contributed by atoms with E-state index >= 15 is 0 Å². The molecule has 6 nitrogen and oxygen atoms in total. The van der Waals surface area contributed by atoms with Crippen LogP contribution in [0.4, 0.5) is 4.79 Å². The Labute approximate surface area is 121 Å². The topological polar surface area (TPSA) is 72.5 Å². The summed E-state index contributed by atoms with van der Waals surface area (Å²) in [6.07, 6.45) is -0.844. The fourth-order valence-corrected chi connectivity index (χ4v) is 2.59. The van der Waals surface area contributed by atoms with E-state index in [0.717, 1.165) is 29.9 Å². The van der Waals surface area contributed by atoms with Gasteiger partial charge in [-0.15, -0.1) is 0 Å². The largest absolute Gasteiger partial charge is 0.465 e. The molecule has 2 heterocycles. The number of aromatic amines is 1. The molecule has 106 valence electrons. The predicted molar refractivity (Wildman–Crippen MR) is 76.0 cm³/mol. The summed E-state index contributed by atoms with van der Waals surface area (Å²) < 4.78 is 0. The zero-order chi connectivity index (χ0) is 14.1. The average molecular weight is 295 g/mol.